The van der Waals surface area contributed by atoms with Crippen LogP contribution < -0.4 is 11.3 Å². The van der Waals surface area contributed by atoms with Gasteiger partial charge >= 0.3 is 12.1 Å². The number of aliphatic carboxylic acids is 1. The smallest absolute Gasteiger partial charge is 0.475 e. The number of carboxylic acids is 1. The molecule has 0 unspecified atom stereocenters. The van der Waals surface area contributed by atoms with E-state index in [-0.39, 0.29) is 5.56 Å². The molecular formula is C20H19F3N4O3. The quantitative estimate of drug-likeness (QED) is 0.496. The number of hydrogen-bond acceptors (Lipinski definition) is 4. The number of imidazole rings is 1. The van der Waals surface area contributed by atoms with E-state index in [1.807, 2.05) is 23.7 Å². The molecule has 2 aromatic heterocycles. The molecule has 0 saturated carbocycles. The van der Waals surface area contributed by atoms with Crippen LogP contribution in [0.4, 0.5) is 13.2 Å². The topological polar surface area (TPSA) is 103 Å². The Morgan fingerprint density at radius 3 is 2.37 bits per heavy atom. The van der Waals surface area contributed by atoms with Crippen molar-refractivity contribution >= 4 is 38.7 Å². The summed E-state index contributed by atoms with van der Waals surface area (Å²) in [4.78, 5) is 26.3. The maximum atomic E-state index is 12.9. The maximum absolute atomic E-state index is 12.9. The first-order valence-corrected chi connectivity index (χ1v) is 9.01. The van der Waals surface area contributed by atoms with E-state index in [4.69, 9.17) is 15.6 Å². The normalized spacial score (nSPS) is 11.6. The number of carboxylic acid groups (broad SMARTS) is 1. The number of benzene rings is 2. The molecule has 0 aliphatic carbocycles. The van der Waals surface area contributed by atoms with Crippen molar-refractivity contribution in [2.24, 2.45) is 12.8 Å². The Balaban J connectivity index is 0.000000318. The summed E-state index contributed by atoms with van der Waals surface area (Å²) in [6.45, 7) is 1.18. The SMILES string of the molecule is Cn1cnc2c3cc4ccccc4cc3n(CCCN)c(=O)c21.O=C(O)C(F)(F)F. The molecule has 0 spiro atoms. The second-order valence-electron chi connectivity index (χ2n) is 6.67. The van der Waals surface area contributed by atoms with Gasteiger partial charge in [-0.25, -0.2) is 9.78 Å². The summed E-state index contributed by atoms with van der Waals surface area (Å²) in [5.41, 5.74) is 7.98. The zero-order valence-electron chi connectivity index (χ0n) is 16.0. The Morgan fingerprint density at radius 1 is 1.20 bits per heavy atom. The lowest BCUT2D eigenvalue weighted by molar-refractivity contribution is -0.192. The summed E-state index contributed by atoms with van der Waals surface area (Å²) in [6.07, 6.45) is -2.61. The molecule has 4 rings (SSSR count). The van der Waals surface area contributed by atoms with Crippen LogP contribution in [0.5, 0.6) is 0 Å². The minimum atomic E-state index is -5.08. The molecule has 2 aromatic carbocycles. The average Bonchev–Trinajstić information content (AvgIpc) is 3.08. The predicted molar refractivity (Wildman–Crippen MR) is 107 cm³/mol. The van der Waals surface area contributed by atoms with Gasteiger partial charge in [-0.1, -0.05) is 24.3 Å². The van der Waals surface area contributed by atoms with Crippen molar-refractivity contribution in [3.8, 4) is 0 Å². The molecule has 10 heteroatoms. The summed E-state index contributed by atoms with van der Waals surface area (Å²) < 4.78 is 35.4. The molecule has 0 atom stereocenters. The van der Waals surface area contributed by atoms with Crippen LogP contribution in [-0.2, 0) is 18.4 Å². The fourth-order valence-electron chi connectivity index (χ4n) is 3.23. The Morgan fingerprint density at radius 2 is 1.80 bits per heavy atom. The zero-order chi connectivity index (χ0) is 22.1. The van der Waals surface area contributed by atoms with Gasteiger partial charge in [-0.2, -0.15) is 13.2 Å². The van der Waals surface area contributed by atoms with E-state index in [1.165, 1.54) is 0 Å². The number of carbonyl (C=O) groups is 1. The molecule has 4 aromatic rings. The third-order valence-electron chi connectivity index (χ3n) is 4.62. The lowest BCUT2D eigenvalue weighted by atomic mass is 10.1. The maximum Gasteiger partial charge on any atom is 0.490 e. The van der Waals surface area contributed by atoms with Crippen molar-refractivity contribution in [2.75, 3.05) is 6.54 Å². The van der Waals surface area contributed by atoms with Gasteiger partial charge in [0, 0.05) is 19.0 Å². The molecule has 0 saturated heterocycles. The molecular weight excluding hydrogens is 401 g/mol. The van der Waals surface area contributed by atoms with Gasteiger partial charge in [0.25, 0.3) is 5.56 Å². The molecule has 0 fully saturated rings. The van der Waals surface area contributed by atoms with Gasteiger partial charge in [0.05, 0.1) is 11.8 Å². The second kappa shape index (κ2) is 8.15. The number of alkyl halides is 3. The van der Waals surface area contributed by atoms with E-state index in [2.05, 4.69) is 29.2 Å². The van der Waals surface area contributed by atoms with Gasteiger partial charge in [-0.15, -0.1) is 0 Å². The first kappa shape index (κ1) is 21.3. The first-order chi connectivity index (χ1) is 14.1. The molecule has 0 aliphatic heterocycles. The molecule has 0 amide bonds. The van der Waals surface area contributed by atoms with Crippen LogP contribution >= 0.6 is 0 Å². The van der Waals surface area contributed by atoms with E-state index in [1.54, 1.807) is 10.9 Å². The number of aryl methyl sites for hydroxylation is 2. The monoisotopic (exact) mass is 420 g/mol. The highest BCUT2D eigenvalue weighted by Crippen LogP contribution is 2.27. The number of nitrogens with zero attached hydrogens (tertiary/aromatic N) is 3. The molecule has 0 bridgehead atoms. The van der Waals surface area contributed by atoms with Gasteiger partial charge in [-0.3, -0.25) is 4.79 Å². The number of fused-ring (bicyclic) bond motifs is 4. The van der Waals surface area contributed by atoms with Crippen LogP contribution in [0.25, 0.3) is 32.7 Å². The lowest BCUT2D eigenvalue weighted by Crippen LogP contribution is -2.23. The van der Waals surface area contributed by atoms with Crippen LogP contribution in [0.3, 0.4) is 0 Å². The van der Waals surface area contributed by atoms with Crippen molar-refractivity contribution in [2.45, 2.75) is 19.1 Å². The molecule has 158 valence electrons. The number of pyridine rings is 1. The van der Waals surface area contributed by atoms with Crippen LogP contribution in [0.1, 0.15) is 6.42 Å². The van der Waals surface area contributed by atoms with E-state index in [0.717, 1.165) is 33.6 Å². The summed E-state index contributed by atoms with van der Waals surface area (Å²) in [5.74, 6) is -2.76. The number of nitrogens with two attached hydrogens (primary N) is 1. The highest BCUT2D eigenvalue weighted by Gasteiger charge is 2.38. The van der Waals surface area contributed by atoms with Crippen LogP contribution in [0.15, 0.2) is 47.5 Å². The van der Waals surface area contributed by atoms with E-state index < -0.39 is 12.1 Å². The largest absolute Gasteiger partial charge is 0.490 e. The van der Waals surface area contributed by atoms with Crippen LogP contribution in [0, 0.1) is 0 Å². The van der Waals surface area contributed by atoms with Crippen molar-refractivity contribution in [3.05, 3.63) is 53.1 Å². The van der Waals surface area contributed by atoms with Gasteiger partial charge in [0.1, 0.15) is 11.0 Å². The second-order valence-corrected chi connectivity index (χ2v) is 6.67. The Labute approximate surface area is 168 Å². The highest BCUT2D eigenvalue weighted by molar-refractivity contribution is 6.08. The van der Waals surface area contributed by atoms with Crippen molar-refractivity contribution in [1.82, 2.24) is 14.1 Å². The summed E-state index contributed by atoms with van der Waals surface area (Å²) in [5, 5.41) is 10.4. The van der Waals surface area contributed by atoms with Crippen molar-refractivity contribution in [3.63, 3.8) is 0 Å². The summed E-state index contributed by atoms with van der Waals surface area (Å²) in [7, 11) is 1.86. The van der Waals surface area contributed by atoms with E-state index in [9.17, 15) is 18.0 Å². The number of aromatic nitrogens is 3. The van der Waals surface area contributed by atoms with Gasteiger partial charge in [-0.05, 0) is 35.9 Å². The fraction of sp³-hybridized carbons (Fsp3) is 0.250. The first-order valence-electron chi connectivity index (χ1n) is 9.01. The average molecular weight is 420 g/mol. The molecule has 0 aliphatic rings. The molecule has 30 heavy (non-hydrogen) atoms. The predicted octanol–water partition coefficient (Wildman–Crippen LogP) is 3.02. The van der Waals surface area contributed by atoms with E-state index in [0.29, 0.717) is 18.6 Å². The number of hydrogen-bond donors (Lipinski definition) is 2. The van der Waals surface area contributed by atoms with Crippen molar-refractivity contribution < 1.29 is 23.1 Å². The van der Waals surface area contributed by atoms with Crippen LogP contribution in [0.2, 0.25) is 0 Å². The van der Waals surface area contributed by atoms with Crippen LogP contribution in [-0.4, -0.2) is 37.9 Å². The minimum Gasteiger partial charge on any atom is -0.475 e. The minimum absolute atomic E-state index is 0.00349. The lowest BCUT2D eigenvalue weighted by Gasteiger charge is -2.12. The van der Waals surface area contributed by atoms with E-state index >= 15 is 0 Å². The standard InChI is InChI=1S/C18H18N4O.C2HF3O2/c1-21-11-20-16-14-9-12-5-2-3-6-13(12)10-15(14)22(8-4-7-19)18(23)17(16)21;3-2(4,5)1(6)7/h2-3,5-6,9-11H,4,7-8,19H2,1H3;(H,6,7). The van der Waals surface area contributed by atoms with Gasteiger partial charge in [0.2, 0.25) is 0 Å². The highest BCUT2D eigenvalue weighted by atomic mass is 19.4. The third-order valence-corrected chi connectivity index (χ3v) is 4.62. The summed E-state index contributed by atoms with van der Waals surface area (Å²) in [6, 6.07) is 12.4. The van der Waals surface area contributed by atoms with Crippen molar-refractivity contribution in [1.29, 1.82) is 0 Å². The Bertz CT molecular complexity index is 1290. The summed E-state index contributed by atoms with van der Waals surface area (Å²) >= 11 is 0. The fourth-order valence-corrected chi connectivity index (χ4v) is 3.23. The van der Waals surface area contributed by atoms with Gasteiger partial charge < -0.3 is 20.0 Å². The van der Waals surface area contributed by atoms with Gasteiger partial charge in [0.15, 0.2) is 0 Å². The molecule has 7 nitrogen and oxygen atoms in total. The Kier molecular flexibility index (Phi) is 5.79. The molecule has 2 heterocycles. The number of halogens is 3. The Hall–Kier alpha value is -3.40. The zero-order valence-corrected chi connectivity index (χ0v) is 16.0. The number of rotatable bonds is 3. The molecule has 3 N–H and O–H groups in total. The molecule has 0 radical (unpaired) electrons. The third kappa shape index (κ3) is 3.99.